The Bertz CT molecular complexity index is 592. The minimum atomic E-state index is -0.733. The van der Waals surface area contributed by atoms with Crippen LogP contribution >= 0.6 is 0 Å². The van der Waals surface area contributed by atoms with Crippen LogP contribution in [-0.2, 0) is 19.5 Å². The Morgan fingerprint density at radius 3 is 1.95 bits per heavy atom. The molecule has 0 aromatic heterocycles. The van der Waals surface area contributed by atoms with Crippen LogP contribution < -0.4 is 5.46 Å². The molecule has 1 heterocycles. The first-order chi connectivity index (χ1) is 10.1. The molecule has 0 spiro atoms. The lowest BCUT2D eigenvalue weighted by molar-refractivity contribution is -0.140. The molecule has 5 heteroatoms. The molecule has 118 valence electrons. The maximum atomic E-state index is 11.6. The molecule has 0 radical (unpaired) electrons. The smallest absolute Gasteiger partial charge is 0.481 e. The quantitative estimate of drug-likeness (QED) is 0.871. The van der Waals surface area contributed by atoms with Gasteiger partial charge in [0.25, 0.3) is 0 Å². The number of hydrogen-bond acceptors (Lipinski definition) is 3. The van der Waals surface area contributed by atoms with E-state index in [4.69, 9.17) is 9.31 Å². The van der Waals surface area contributed by atoms with Crippen molar-refractivity contribution in [3.05, 3.63) is 29.8 Å². The fourth-order valence-corrected chi connectivity index (χ4v) is 3.16. The van der Waals surface area contributed by atoms with E-state index in [1.165, 1.54) is 0 Å². The van der Waals surface area contributed by atoms with Crippen LogP contribution in [0.1, 0.15) is 46.6 Å². The summed E-state index contributed by atoms with van der Waals surface area (Å²) in [6, 6.07) is 7.65. The van der Waals surface area contributed by atoms with Gasteiger partial charge in [-0.2, -0.15) is 0 Å². The van der Waals surface area contributed by atoms with E-state index in [2.05, 4.69) is 0 Å². The second-order valence-electron chi connectivity index (χ2n) is 7.59. The van der Waals surface area contributed by atoms with Crippen LogP contribution in [0.4, 0.5) is 0 Å². The number of hydrogen-bond donors (Lipinski definition) is 1. The Kier molecular flexibility index (Phi) is 3.25. The van der Waals surface area contributed by atoms with E-state index in [1.54, 1.807) is 0 Å². The highest BCUT2D eigenvalue weighted by atomic mass is 16.7. The van der Waals surface area contributed by atoms with Crippen molar-refractivity contribution in [1.82, 2.24) is 0 Å². The molecule has 1 aromatic carbocycles. The molecular formula is C17H23BO4. The SMILES string of the molecule is CC1CC1(C(=O)O)c1ccc(B2OC(C)(C)C(C)(C)O2)cc1. The number of benzene rings is 1. The Labute approximate surface area is 132 Å². The van der Waals surface area contributed by atoms with Crippen LogP contribution in [0, 0.1) is 5.92 Å². The summed E-state index contributed by atoms with van der Waals surface area (Å²) in [7, 11) is -0.406. The van der Waals surface area contributed by atoms with Gasteiger partial charge in [0.15, 0.2) is 0 Å². The minimum absolute atomic E-state index is 0.188. The molecule has 2 atom stereocenters. The van der Waals surface area contributed by atoms with Gasteiger partial charge in [0, 0.05) is 0 Å². The Morgan fingerprint density at radius 1 is 1.14 bits per heavy atom. The number of rotatable bonds is 3. The van der Waals surface area contributed by atoms with Crippen LogP contribution in [0.25, 0.3) is 0 Å². The average Bonchev–Trinajstić information content (AvgIpc) is 3.04. The Hall–Kier alpha value is -1.33. The van der Waals surface area contributed by atoms with Crippen LogP contribution in [0.2, 0.25) is 0 Å². The van der Waals surface area contributed by atoms with E-state index in [0.717, 1.165) is 11.0 Å². The molecule has 2 fully saturated rings. The summed E-state index contributed by atoms with van der Waals surface area (Å²) >= 11 is 0. The molecule has 1 aliphatic carbocycles. The van der Waals surface area contributed by atoms with Gasteiger partial charge in [-0.25, -0.2) is 0 Å². The van der Waals surface area contributed by atoms with E-state index >= 15 is 0 Å². The van der Waals surface area contributed by atoms with Crippen LogP contribution in [0.15, 0.2) is 24.3 Å². The maximum absolute atomic E-state index is 11.6. The zero-order chi connectivity index (χ0) is 16.3. The fraction of sp³-hybridized carbons (Fsp3) is 0.588. The summed E-state index contributed by atoms with van der Waals surface area (Å²) in [6.45, 7) is 10.1. The largest absolute Gasteiger partial charge is 0.494 e. The number of carboxylic acids is 1. The number of aliphatic carboxylic acids is 1. The van der Waals surface area contributed by atoms with Gasteiger partial charge in [-0.1, -0.05) is 31.2 Å². The van der Waals surface area contributed by atoms with Crippen molar-refractivity contribution in [2.24, 2.45) is 5.92 Å². The monoisotopic (exact) mass is 302 g/mol. The van der Waals surface area contributed by atoms with Crippen molar-refractivity contribution >= 4 is 18.6 Å². The van der Waals surface area contributed by atoms with Crippen molar-refractivity contribution in [2.75, 3.05) is 0 Å². The van der Waals surface area contributed by atoms with Gasteiger partial charge >= 0.3 is 13.1 Å². The normalized spacial score (nSPS) is 32.0. The van der Waals surface area contributed by atoms with Crippen LogP contribution in [0.3, 0.4) is 0 Å². The molecule has 0 bridgehead atoms. The van der Waals surface area contributed by atoms with Gasteiger partial charge in [0.1, 0.15) is 0 Å². The fourth-order valence-electron chi connectivity index (χ4n) is 3.16. The lowest BCUT2D eigenvalue weighted by Crippen LogP contribution is -2.41. The summed E-state index contributed by atoms with van der Waals surface area (Å²) in [5, 5.41) is 9.50. The first-order valence-electron chi connectivity index (χ1n) is 7.80. The first kappa shape index (κ1) is 15.6. The second-order valence-corrected chi connectivity index (χ2v) is 7.59. The lowest BCUT2D eigenvalue weighted by atomic mass is 9.78. The van der Waals surface area contributed by atoms with Crippen molar-refractivity contribution in [2.45, 2.75) is 57.7 Å². The number of carboxylic acid groups (broad SMARTS) is 1. The third-order valence-electron chi connectivity index (χ3n) is 5.64. The topological polar surface area (TPSA) is 55.8 Å². The van der Waals surface area contributed by atoms with E-state index in [0.29, 0.717) is 6.42 Å². The molecule has 22 heavy (non-hydrogen) atoms. The van der Waals surface area contributed by atoms with Crippen molar-refractivity contribution < 1.29 is 19.2 Å². The van der Waals surface area contributed by atoms with Crippen molar-refractivity contribution in [3.63, 3.8) is 0 Å². The summed E-state index contributed by atoms with van der Waals surface area (Å²) in [6.07, 6.45) is 0.707. The van der Waals surface area contributed by atoms with Crippen LogP contribution in [-0.4, -0.2) is 29.4 Å². The zero-order valence-corrected chi connectivity index (χ0v) is 13.8. The molecule has 2 unspecified atom stereocenters. The first-order valence-corrected chi connectivity index (χ1v) is 7.80. The molecule has 2 aliphatic rings. The van der Waals surface area contributed by atoms with E-state index < -0.39 is 18.5 Å². The van der Waals surface area contributed by atoms with Gasteiger partial charge in [-0.3, -0.25) is 4.79 Å². The standard InChI is InChI=1S/C17H23BO4/c1-11-10-17(11,14(19)20)12-6-8-13(9-7-12)18-21-15(2,3)16(4,5)22-18/h6-9,11H,10H2,1-5H3,(H,19,20). The molecule has 1 N–H and O–H groups in total. The molecule has 1 saturated carbocycles. The van der Waals surface area contributed by atoms with Gasteiger partial charge < -0.3 is 14.4 Å². The predicted octanol–water partition coefficient (Wildman–Crippen LogP) is 2.35. The van der Waals surface area contributed by atoms with E-state index in [-0.39, 0.29) is 17.1 Å². The molecule has 1 aromatic rings. The molecular weight excluding hydrogens is 279 g/mol. The van der Waals surface area contributed by atoms with E-state index in [1.807, 2.05) is 58.9 Å². The highest BCUT2D eigenvalue weighted by Gasteiger charge is 2.59. The van der Waals surface area contributed by atoms with Crippen LogP contribution in [0.5, 0.6) is 0 Å². The molecule has 3 rings (SSSR count). The third-order valence-corrected chi connectivity index (χ3v) is 5.64. The van der Waals surface area contributed by atoms with Crippen molar-refractivity contribution in [1.29, 1.82) is 0 Å². The minimum Gasteiger partial charge on any atom is -0.481 e. The Balaban J connectivity index is 1.84. The van der Waals surface area contributed by atoms with Gasteiger partial charge in [0.05, 0.1) is 16.6 Å². The molecule has 0 amide bonds. The molecule has 1 saturated heterocycles. The second kappa shape index (κ2) is 4.59. The third kappa shape index (κ3) is 2.10. The van der Waals surface area contributed by atoms with Gasteiger partial charge in [-0.05, 0) is 51.1 Å². The molecule has 1 aliphatic heterocycles. The van der Waals surface area contributed by atoms with Gasteiger partial charge in [0.2, 0.25) is 0 Å². The van der Waals surface area contributed by atoms with Crippen molar-refractivity contribution in [3.8, 4) is 0 Å². The maximum Gasteiger partial charge on any atom is 0.494 e. The van der Waals surface area contributed by atoms with E-state index in [9.17, 15) is 9.90 Å². The zero-order valence-electron chi connectivity index (χ0n) is 13.8. The summed E-state index contributed by atoms with van der Waals surface area (Å²) in [4.78, 5) is 11.6. The highest BCUT2D eigenvalue weighted by Crippen LogP contribution is 2.54. The number of carbonyl (C=O) groups is 1. The summed E-state index contributed by atoms with van der Waals surface area (Å²) in [5.74, 6) is -0.545. The average molecular weight is 302 g/mol. The highest BCUT2D eigenvalue weighted by molar-refractivity contribution is 6.62. The van der Waals surface area contributed by atoms with Gasteiger partial charge in [-0.15, -0.1) is 0 Å². The summed E-state index contributed by atoms with van der Waals surface area (Å²) in [5.41, 5.74) is 0.353. The molecule has 4 nitrogen and oxygen atoms in total. The lowest BCUT2D eigenvalue weighted by Gasteiger charge is -2.32. The Morgan fingerprint density at radius 2 is 1.59 bits per heavy atom. The predicted molar refractivity (Wildman–Crippen MR) is 85.3 cm³/mol. The summed E-state index contributed by atoms with van der Waals surface area (Å²) < 4.78 is 12.0.